The number of hydrogen-bond acceptors (Lipinski definition) is 2. The molecule has 1 heterocycles. The van der Waals surface area contributed by atoms with Crippen LogP contribution in [0.15, 0.2) is 0 Å². The van der Waals surface area contributed by atoms with Crippen LogP contribution in [0.1, 0.15) is 20.8 Å². The van der Waals surface area contributed by atoms with Crippen LogP contribution < -0.4 is 0 Å². The highest BCUT2D eigenvalue weighted by molar-refractivity contribution is 8.00. The van der Waals surface area contributed by atoms with Crippen LogP contribution in [0.4, 0.5) is 0 Å². The SMILES string of the molecule is C=S(C)(=O)C1CN(C(=O)C(C)(C)C)C1. The second-order valence-corrected chi connectivity index (χ2v) is 7.96. The van der Waals surface area contributed by atoms with Crippen LogP contribution in [0, 0.1) is 5.41 Å². The fourth-order valence-corrected chi connectivity index (χ4v) is 2.38. The average Bonchev–Trinajstić information content (AvgIpc) is 1.77. The Morgan fingerprint density at radius 3 is 2.14 bits per heavy atom. The molecule has 0 saturated carbocycles. The van der Waals surface area contributed by atoms with Gasteiger partial charge in [-0.2, -0.15) is 0 Å². The molecule has 14 heavy (non-hydrogen) atoms. The average molecular weight is 217 g/mol. The van der Waals surface area contributed by atoms with Gasteiger partial charge in [0.2, 0.25) is 5.91 Å². The van der Waals surface area contributed by atoms with Crippen LogP contribution in [0.5, 0.6) is 0 Å². The second kappa shape index (κ2) is 3.26. The van der Waals surface area contributed by atoms with E-state index in [-0.39, 0.29) is 16.6 Å². The fraction of sp³-hybridized carbons (Fsp3) is 0.800. The summed E-state index contributed by atoms with van der Waals surface area (Å²) in [6.07, 6.45) is 1.66. The van der Waals surface area contributed by atoms with E-state index in [4.69, 9.17) is 0 Å². The molecule has 1 amide bonds. The van der Waals surface area contributed by atoms with Crippen LogP contribution >= 0.6 is 0 Å². The van der Waals surface area contributed by atoms with Gasteiger partial charge in [-0.05, 0) is 15.4 Å². The normalized spacial score (nSPS) is 22.7. The van der Waals surface area contributed by atoms with Crippen molar-refractivity contribution < 1.29 is 9.00 Å². The number of amides is 1. The first kappa shape index (κ1) is 11.6. The van der Waals surface area contributed by atoms with Crippen LogP contribution in [-0.2, 0) is 14.3 Å². The Morgan fingerprint density at radius 1 is 1.43 bits per heavy atom. The minimum atomic E-state index is -1.97. The van der Waals surface area contributed by atoms with Crippen molar-refractivity contribution in [3.63, 3.8) is 0 Å². The second-order valence-electron chi connectivity index (χ2n) is 5.15. The molecule has 1 aliphatic rings. The number of hydrogen-bond donors (Lipinski definition) is 0. The van der Waals surface area contributed by atoms with Gasteiger partial charge in [0.25, 0.3) is 0 Å². The molecule has 1 fully saturated rings. The molecule has 1 aliphatic heterocycles. The number of carbonyl (C=O) groups is 1. The summed E-state index contributed by atoms with van der Waals surface area (Å²) in [5, 5.41) is 0.0915. The molecule has 0 radical (unpaired) electrons. The third-order valence-electron chi connectivity index (χ3n) is 2.48. The molecular weight excluding hydrogens is 198 g/mol. The van der Waals surface area contributed by atoms with Crippen molar-refractivity contribution in [3.05, 3.63) is 0 Å². The third-order valence-corrected chi connectivity index (χ3v) is 4.19. The van der Waals surface area contributed by atoms with E-state index in [9.17, 15) is 9.00 Å². The van der Waals surface area contributed by atoms with Crippen molar-refractivity contribution in [2.45, 2.75) is 26.0 Å². The highest BCUT2D eigenvalue weighted by atomic mass is 32.2. The Kier molecular flexibility index (Phi) is 2.69. The lowest BCUT2D eigenvalue weighted by molar-refractivity contribution is -0.142. The third kappa shape index (κ3) is 2.29. The van der Waals surface area contributed by atoms with Gasteiger partial charge in [-0.25, -0.2) is 0 Å². The summed E-state index contributed by atoms with van der Waals surface area (Å²) >= 11 is 0. The van der Waals surface area contributed by atoms with E-state index in [1.807, 2.05) is 20.8 Å². The first-order valence-corrected chi connectivity index (χ1v) is 6.92. The maximum Gasteiger partial charge on any atom is 0.228 e. The van der Waals surface area contributed by atoms with Gasteiger partial charge in [0, 0.05) is 24.8 Å². The van der Waals surface area contributed by atoms with Crippen LogP contribution in [0.3, 0.4) is 0 Å². The molecule has 0 aliphatic carbocycles. The molecule has 0 spiro atoms. The zero-order valence-electron chi connectivity index (χ0n) is 9.37. The summed E-state index contributed by atoms with van der Waals surface area (Å²) < 4.78 is 11.5. The molecular formula is C10H19NO2S. The Balaban J connectivity index is 2.55. The largest absolute Gasteiger partial charge is 0.340 e. The Morgan fingerprint density at radius 2 is 1.86 bits per heavy atom. The van der Waals surface area contributed by atoms with Crippen LogP contribution in [0.2, 0.25) is 0 Å². The Bertz CT molecular complexity index is 332. The fourth-order valence-electron chi connectivity index (χ4n) is 1.39. The van der Waals surface area contributed by atoms with Gasteiger partial charge in [0.05, 0.1) is 5.25 Å². The van der Waals surface area contributed by atoms with E-state index < -0.39 is 9.52 Å². The number of nitrogens with zero attached hydrogens (tertiary/aromatic N) is 1. The van der Waals surface area contributed by atoms with Gasteiger partial charge < -0.3 is 4.90 Å². The molecule has 0 aromatic carbocycles. The molecule has 1 unspecified atom stereocenters. The van der Waals surface area contributed by atoms with E-state index in [1.165, 1.54) is 0 Å². The number of likely N-dealkylation sites (tertiary alicyclic amines) is 1. The lowest BCUT2D eigenvalue weighted by atomic mass is 9.93. The van der Waals surface area contributed by atoms with Gasteiger partial charge in [-0.3, -0.25) is 9.00 Å². The van der Waals surface area contributed by atoms with Crippen molar-refractivity contribution in [1.29, 1.82) is 0 Å². The highest BCUT2D eigenvalue weighted by Gasteiger charge is 2.38. The molecule has 1 rings (SSSR count). The highest BCUT2D eigenvalue weighted by Crippen LogP contribution is 2.23. The van der Waals surface area contributed by atoms with Gasteiger partial charge >= 0.3 is 0 Å². The van der Waals surface area contributed by atoms with Crippen molar-refractivity contribution in [1.82, 2.24) is 4.90 Å². The summed E-state index contributed by atoms with van der Waals surface area (Å²) in [5.74, 6) is 3.77. The van der Waals surface area contributed by atoms with Crippen molar-refractivity contribution in [2.24, 2.45) is 5.41 Å². The van der Waals surface area contributed by atoms with Gasteiger partial charge in [-0.1, -0.05) is 20.8 Å². The van der Waals surface area contributed by atoms with Gasteiger partial charge in [-0.15, -0.1) is 0 Å². The maximum absolute atomic E-state index is 11.7. The maximum atomic E-state index is 11.7. The van der Waals surface area contributed by atoms with Crippen molar-refractivity contribution in [2.75, 3.05) is 19.3 Å². The molecule has 1 saturated heterocycles. The minimum Gasteiger partial charge on any atom is -0.340 e. The first-order chi connectivity index (χ1) is 6.12. The zero-order chi connectivity index (χ0) is 11.1. The van der Waals surface area contributed by atoms with Gasteiger partial charge in [0.15, 0.2) is 0 Å². The van der Waals surface area contributed by atoms with E-state index in [0.717, 1.165) is 0 Å². The molecule has 1 atom stereocenters. The summed E-state index contributed by atoms with van der Waals surface area (Å²) in [6, 6.07) is 0. The lowest BCUT2D eigenvalue weighted by Crippen LogP contribution is -2.59. The topological polar surface area (TPSA) is 37.4 Å². The predicted molar refractivity (Wildman–Crippen MR) is 61.0 cm³/mol. The lowest BCUT2D eigenvalue weighted by Gasteiger charge is -2.42. The van der Waals surface area contributed by atoms with E-state index in [0.29, 0.717) is 13.1 Å². The molecule has 0 bridgehead atoms. The monoisotopic (exact) mass is 217 g/mol. The molecule has 0 N–H and O–H groups in total. The summed E-state index contributed by atoms with van der Waals surface area (Å²) in [7, 11) is -1.97. The summed E-state index contributed by atoms with van der Waals surface area (Å²) in [4.78, 5) is 13.5. The summed E-state index contributed by atoms with van der Waals surface area (Å²) in [5.41, 5.74) is -0.333. The number of rotatable bonds is 1. The molecule has 4 heteroatoms. The summed E-state index contributed by atoms with van der Waals surface area (Å²) in [6.45, 7) is 6.91. The number of carbonyl (C=O) groups excluding carboxylic acids is 1. The van der Waals surface area contributed by atoms with Crippen molar-refractivity contribution >= 4 is 21.3 Å². The van der Waals surface area contributed by atoms with Crippen LogP contribution in [-0.4, -0.2) is 45.5 Å². The molecule has 0 aromatic rings. The minimum absolute atomic E-state index is 0.0915. The Hall–Kier alpha value is -0.510. The molecule has 3 nitrogen and oxygen atoms in total. The van der Waals surface area contributed by atoms with E-state index in [2.05, 4.69) is 5.87 Å². The zero-order valence-corrected chi connectivity index (χ0v) is 10.2. The van der Waals surface area contributed by atoms with E-state index >= 15 is 0 Å². The van der Waals surface area contributed by atoms with Crippen LogP contribution in [0.25, 0.3) is 0 Å². The predicted octanol–water partition coefficient (Wildman–Crippen LogP) is 0.589. The van der Waals surface area contributed by atoms with Crippen molar-refractivity contribution in [3.8, 4) is 0 Å². The Labute approximate surface area is 86.5 Å². The first-order valence-electron chi connectivity index (χ1n) is 4.73. The van der Waals surface area contributed by atoms with E-state index in [1.54, 1.807) is 11.2 Å². The van der Waals surface area contributed by atoms with Gasteiger partial charge in [0.1, 0.15) is 0 Å². The molecule has 82 valence electrons. The standard InChI is InChI=1S/C10H19NO2S/c1-10(2,3)9(12)11-6-8(7-11)14(4,5)13/h8H,4,6-7H2,1-3,5H3. The smallest absolute Gasteiger partial charge is 0.228 e. The molecule has 0 aromatic heterocycles. The quantitative estimate of drug-likeness (QED) is 0.603.